The summed E-state index contributed by atoms with van der Waals surface area (Å²) in [5.74, 6) is -0.109. The standard InChI is InChI=1S/C19H15F3N2O2/c1-26-17-10-16(24-15-9-5-3-7-13(15)17)18(25)23-11-12-6-2-4-8-14(12)19(20,21)22/h2-10H,11H2,1H3,(H,23,25). The summed E-state index contributed by atoms with van der Waals surface area (Å²) in [6, 6.07) is 13.7. The van der Waals surface area contributed by atoms with Crippen molar-refractivity contribution in [2.45, 2.75) is 12.7 Å². The molecule has 4 nitrogen and oxygen atoms in total. The predicted molar refractivity (Wildman–Crippen MR) is 90.9 cm³/mol. The number of nitrogens with zero attached hydrogens (tertiary/aromatic N) is 1. The van der Waals surface area contributed by atoms with E-state index in [1.165, 1.54) is 31.4 Å². The number of hydrogen-bond donors (Lipinski definition) is 1. The van der Waals surface area contributed by atoms with Gasteiger partial charge in [0.25, 0.3) is 5.91 Å². The van der Waals surface area contributed by atoms with Gasteiger partial charge < -0.3 is 10.1 Å². The molecule has 0 fully saturated rings. The third-order valence-corrected chi connectivity index (χ3v) is 3.89. The minimum Gasteiger partial charge on any atom is -0.496 e. The summed E-state index contributed by atoms with van der Waals surface area (Å²) in [5.41, 5.74) is -0.150. The molecule has 7 heteroatoms. The van der Waals surface area contributed by atoms with Gasteiger partial charge in [0.1, 0.15) is 11.4 Å². The summed E-state index contributed by atoms with van der Waals surface area (Å²) in [6.45, 7) is -0.259. The Morgan fingerprint density at radius 3 is 2.54 bits per heavy atom. The van der Waals surface area contributed by atoms with E-state index in [0.717, 1.165) is 11.5 Å². The zero-order chi connectivity index (χ0) is 18.7. The van der Waals surface area contributed by atoms with Crippen molar-refractivity contribution in [3.8, 4) is 5.75 Å². The molecular weight excluding hydrogens is 345 g/mol. The smallest absolute Gasteiger partial charge is 0.416 e. The highest BCUT2D eigenvalue weighted by Crippen LogP contribution is 2.31. The summed E-state index contributed by atoms with van der Waals surface area (Å²) in [4.78, 5) is 16.6. The number of pyridine rings is 1. The summed E-state index contributed by atoms with van der Waals surface area (Å²) in [7, 11) is 1.48. The zero-order valence-electron chi connectivity index (χ0n) is 13.8. The number of alkyl halides is 3. The minimum atomic E-state index is -4.48. The highest BCUT2D eigenvalue weighted by atomic mass is 19.4. The Morgan fingerprint density at radius 2 is 1.81 bits per heavy atom. The van der Waals surface area contributed by atoms with Gasteiger partial charge in [0, 0.05) is 18.0 Å². The number of fused-ring (bicyclic) bond motifs is 1. The van der Waals surface area contributed by atoms with E-state index in [4.69, 9.17) is 4.74 Å². The number of rotatable bonds is 4. The lowest BCUT2D eigenvalue weighted by molar-refractivity contribution is -0.138. The topological polar surface area (TPSA) is 51.2 Å². The Morgan fingerprint density at radius 1 is 1.12 bits per heavy atom. The molecule has 0 aliphatic rings. The lowest BCUT2D eigenvalue weighted by atomic mass is 10.1. The maximum atomic E-state index is 13.0. The molecule has 0 atom stereocenters. The number of methoxy groups -OCH3 is 1. The Hall–Kier alpha value is -3.09. The first-order valence-corrected chi connectivity index (χ1v) is 7.77. The quantitative estimate of drug-likeness (QED) is 0.759. The largest absolute Gasteiger partial charge is 0.496 e. The van der Waals surface area contributed by atoms with Crippen molar-refractivity contribution in [3.63, 3.8) is 0 Å². The van der Waals surface area contributed by atoms with Crippen molar-refractivity contribution in [2.24, 2.45) is 0 Å². The summed E-state index contributed by atoms with van der Waals surface area (Å²) in [6.07, 6.45) is -4.48. The molecule has 0 bridgehead atoms. The van der Waals surface area contributed by atoms with Gasteiger partial charge in [-0.3, -0.25) is 4.79 Å². The molecule has 0 unspecified atom stereocenters. The van der Waals surface area contributed by atoms with Crippen LogP contribution in [0.4, 0.5) is 13.2 Å². The van der Waals surface area contributed by atoms with Gasteiger partial charge in [-0.2, -0.15) is 13.2 Å². The molecule has 1 amide bonds. The highest BCUT2D eigenvalue weighted by molar-refractivity contribution is 5.97. The zero-order valence-corrected chi connectivity index (χ0v) is 13.8. The molecule has 2 aromatic carbocycles. The summed E-state index contributed by atoms with van der Waals surface area (Å²) in [5, 5.41) is 3.23. The van der Waals surface area contributed by atoms with Gasteiger partial charge in [-0.1, -0.05) is 30.3 Å². The number of aromatic nitrogens is 1. The molecule has 134 valence electrons. The molecule has 26 heavy (non-hydrogen) atoms. The molecule has 0 aliphatic carbocycles. The maximum absolute atomic E-state index is 13.0. The number of carbonyl (C=O) groups excluding carboxylic acids is 1. The molecule has 3 rings (SSSR count). The minimum absolute atomic E-state index is 0.0129. The van der Waals surface area contributed by atoms with Crippen LogP contribution in [0, 0.1) is 0 Å². The van der Waals surface area contributed by atoms with Crippen LogP contribution in [0.5, 0.6) is 5.75 Å². The second-order valence-electron chi connectivity index (χ2n) is 5.56. The van der Waals surface area contributed by atoms with Crippen molar-refractivity contribution >= 4 is 16.8 Å². The Kier molecular flexibility index (Phi) is 4.79. The van der Waals surface area contributed by atoms with Crippen molar-refractivity contribution in [2.75, 3.05) is 7.11 Å². The van der Waals surface area contributed by atoms with Crippen molar-refractivity contribution in [3.05, 3.63) is 71.4 Å². The number of nitrogens with one attached hydrogen (secondary N) is 1. The highest BCUT2D eigenvalue weighted by Gasteiger charge is 2.32. The van der Waals surface area contributed by atoms with E-state index in [1.54, 1.807) is 12.1 Å². The first-order valence-electron chi connectivity index (χ1n) is 7.77. The van der Waals surface area contributed by atoms with Gasteiger partial charge in [-0.15, -0.1) is 0 Å². The number of halogens is 3. The fourth-order valence-electron chi connectivity index (χ4n) is 2.65. The number of hydrogen-bond acceptors (Lipinski definition) is 3. The van der Waals surface area contributed by atoms with Crippen LogP contribution in [0.1, 0.15) is 21.6 Å². The number of amides is 1. The van der Waals surface area contributed by atoms with Crippen LogP contribution in [0.25, 0.3) is 10.9 Å². The molecule has 0 saturated heterocycles. The van der Waals surface area contributed by atoms with Gasteiger partial charge >= 0.3 is 6.18 Å². The van der Waals surface area contributed by atoms with Crippen LogP contribution in [0.3, 0.4) is 0 Å². The lowest BCUT2D eigenvalue weighted by Crippen LogP contribution is -2.25. The van der Waals surface area contributed by atoms with E-state index < -0.39 is 17.6 Å². The molecule has 1 aromatic heterocycles. The maximum Gasteiger partial charge on any atom is 0.416 e. The van der Waals surface area contributed by atoms with Gasteiger partial charge in [-0.05, 0) is 23.8 Å². The second kappa shape index (κ2) is 7.03. The predicted octanol–water partition coefficient (Wildman–Crippen LogP) is 4.19. The number of para-hydroxylation sites is 1. The summed E-state index contributed by atoms with van der Waals surface area (Å²) < 4.78 is 44.4. The molecule has 0 saturated carbocycles. The fraction of sp³-hybridized carbons (Fsp3) is 0.158. The van der Waals surface area contributed by atoms with Crippen molar-refractivity contribution < 1.29 is 22.7 Å². The lowest BCUT2D eigenvalue weighted by Gasteiger charge is -2.13. The van der Waals surface area contributed by atoms with Crippen LogP contribution >= 0.6 is 0 Å². The molecule has 0 aliphatic heterocycles. The molecule has 0 radical (unpaired) electrons. The number of carbonyl (C=O) groups is 1. The monoisotopic (exact) mass is 360 g/mol. The molecule has 1 heterocycles. The Balaban J connectivity index is 1.85. The third kappa shape index (κ3) is 3.61. The second-order valence-corrected chi connectivity index (χ2v) is 5.56. The van der Waals surface area contributed by atoms with Gasteiger partial charge in [0.15, 0.2) is 0 Å². The van der Waals surface area contributed by atoms with Crippen molar-refractivity contribution in [1.29, 1.82) is 0 Å². The molecule has 1 N–H and O–H groups in total. The van der Waals surface area contributed by atoms with E-state index in [2.05, 4.69) is 10.3 Å². The summed E-state index contributed by atoms with van der Waals surface area (Å²) >= 11 is 0. The average Bonchev–Trinajstić information content (AvgIpc) is 2.64. The van der Waals surface area contributed by atoms with Gasteiger partial charge in [0.05, 0.1) is 18.2 Å². The fourth-order valence-corrected chi connectivity index (χ4v) is 2.65. The third-order valence-electron chi connectivity index (χ3n) is 3.89. The van der Waals surface area contributed by atoms with E-state index in [0.29, 0.717) is 11.3 Å². The van der Waals surface area contributed by atoms with E-state index in [1.807, 2.05) is 12.1 Å². The van der Waals surface area contributed by atoms with Crippen molar-refractivity contribution in [1.82, 2.24) is 10.3 Å². The SMILES string of the molecule is COc1cc(C(=O)NCc2ccccc2C(F)(F)F)nc2ccccc12. The van der Waals surface area contributed by atoms with Crippen LogP contribution in [0.2, 0.25) is 0 Å². The average molecular weight is 360 g/mol. The Labute approximate surface area is 147 Å². The van der Waals surface area contributed by atoms with Crippen LogP contribution in [-0.2, 0) is 12.7 Å². The molecule has 3 aromatic rings. The number of ether oxygens (including phenoxy) is 1. The van der Waals surface area contributed by atoms with E-state index in [9.17, 15) is 18.0 Å². The van der Waals surface area contributed by atoms with Gasteiger partial charge in [-0.25, -0.2) is 4.98 Å². The van der Waals surface area contributed by atoms with E-state index in [-0.39, 0.29) is 17.8 Å². The normalized spacial score (nSPS) is 11.4. The van der Waals surface area contributed by atoms with Crippen LogP contribution in [-0.4, -0.2) is 18.0 Å². The Bertz CT molecular complexity index is 955. The van der Waals surface area contributed by atoms with Gasteiger partial charge in [0.2, 0.25) is 0 Å². The molecule has 0 spiro atoms. The van der Waals surface area contributed by atoms with Crippen LogP contribution in [0.15, 0.2) is 54.6 Å². The first kappa shape index (κ1) is 17.7. The number of benzene rings is 2. The van der Waals surface area contributed by atoms with E-state index >= 15 is 0 Å². The first-order chi connectivity index (χ1) is 12.4. The van der Waals surface area contributed by atoms with Crippen LogP contribution < -0.4 is 10.1 Å². The molecular formula is C19H15F3N2O2.